The second-order valence-corrected chi connectivity index (χ2v) is 9.42. The van der Waals surface area contributed by atoms with Crippen molar-refractivity contribution in [1.29, 1.82) is 0 Å². The van der Waals surface area contributed by atoms with Crippen LogP contribution in [-0.4, -0.2) is 60.0 Å². The zero-order chi connectivity index (χ0) is 23.2. The Kier molecular flexibility index (Phi) is 5.62. The first-order chi connectivity index (χ1) is 15.9. The van der Waals surface area contributed by atoms with Crippen LogP contribution in [0.15, 0.2) is 24.4 Å². The molecule has 2 aliphatic rings. The van der Waals surface area contributed by atoms with Gasteiger partial charge in [-0.1, -0.05) is 12.8 Å². The van der Waals surface area contributed by atoms with Crippen molar-refractivity contribution >= 4 is 0 Å². The van der Waals surface area contributed by atoms with Crippen LogP contribution in [0.4, 0.5) is 0 Å². The Morgan fingerprint density at radius 2 is 1.97 bits per heavy atom. The van der Waals surface area contributed by atoms with Crippen molar-refractivity contribution in [2.75, 3.05) is 19.8 Å². The van der Waals surface area contributed by atoms with E-state index in [1.807, 2.05) is 36.0 Å². The average Bonchev–Trinajstić information content (AvgIpc) is 3.42. The standard InChI is InChI=1S/C24H31N5O4/c1-15(2)29-23(25-16(3)27-29)20-12-28-8-9-32-21-10-18(6-7-19(21)22(28)26-20)33-24(13-30,14-31)11-17-4-5-17/h6-7,10,12,15,17,30-31H,4-5,8-9,11,13-14H2,1-3H3. The molecule has 0 radical (unpaired) electrons. The fraction of sp³-hybridized carbons (Fsp3) is 0.542. The van der Waals surface area contributed by atoms with Gasteiger partial charge in [0.05, 0.1) is 25.3 Å². The number of hydrogen-bond acceptors (Lipinski definition) is 7. The predicted octanol–water partition coefficient (Wildman–Crippen LogP) is 2.99. The van der Waals surface area contributed by atoms with Crippen LogP contribution in [0.25, 0.3) is 22.9 Å². The maximum Gasteiger partial charge on any atom is 0.178 e. The number of fused-ring (bicyclic) bond motifs is 3. The van der Waals surface area contributed by atoms with Crippen molar-refractivity contribution in [3.05, 3.63) is 30.2 Å². The molecule has 0 atom stereocenters. The number of hydrogen-bond donors (Lipinski definition) is 2. The molecule has 2 N–H and O–H groups in total. The fourth-order valence-electron chi connectivity index (χ4n) is 4.38. The Balaban J connectivity index is 1.48. The lowest BCUT2D eigenvalue weighted by atomic mass is 9.98. The number of aliphatic hydroxyl groups excluding tert-OH is 2. The molecule has 0 bridgehead atoms. The molecule has 9 nitrogen and oxygen atoms in total. The van der Waals surface area contributed by atoms with Gasteiger partial charge < -0.3 is 24.3 Å². The van der Waals surface area contributed by atoms with E-state index >= 15 is 0 Å². The fourth-order valence-corrected chi connectivity index (χ4v) is 4.38. The Morgan fingerprint density at radius 1 is 1.18 bits per heavy atom. The first kappa shape index (κ1) is 21.9. The zero-order valence-electron chi connectivity index (χ0n) is 19.4. The van der Waals surface area contributed by atoms with Crippen molar-refractivity contribution in [2.24, 2.45) is 5.92 Å². The summed E-state index contributed by atoms with van der Waals surface area (Å²) in [7, 11) is 0. The minimum Gasteiger partial charge on any atom is -0.491 e. The third kappa shape index (κ3) is 4.22. The van der Waals surface area contributed by atoms with Gasteiger partial charge in [-0.15, -0.1) is 0 Å². The van der Waals surface area contributed by atoms with Crippen LogP contribution in [0, 0.1) is 12.8 Å². The summed E-state index contributed by atoms with van der Waals surface area (Å²) in [6.45, 7) is 6.71. The van der Waals surface area contributed by atoms with Crippen LogP contribution < -0.4 is 9.47 Å². The molecule has 0 saturated heterocycles. The van der Waals surface area contributed by atoms with Crippen LogP contribution in [0.1, 0.15) is 45.0 Å². The molecule has 1 saturated carbocycles. The van der Waals surface area contributed by atoms with Crippen molar-refractivity contribution in [3.8, 4) is 34.4 Å². The smallest absolute Gasteiger partial charge is 0.178 e. The zero-order valence-corrected chi connectivity index (χ0v) is 19.4. The van der Waals surface area contributed by atoms with Gasteiger partial charge in [0.2, 0.25) is 0 Å². The van der Waals surface area contributed by atoms with E-state index in [1.54, 1.807) is 0 Å². The molecule has 0 unspecified atom stereocenters. The molecule has 1 fully saturated rings. The summed E-state index contributed by atoms with van der Waals surface area (Å²) in [6.07, 6.45) is 4.88. The molecule has 3 aromatic rings. The maximum absolute atomic E-state index is 9.96. The quantitative estimate of drug-likeness (QED) is 0.540. The van der Waals surface area contributed by atoms with E-state index in [0.717, 1.165) is 41.6 Å². The van der Waals surface area contributed by atoms with Crippen LogP contribution in [0.3, 0.4) is 0 Å². The normalized spacial score (nSPS) is 15.7. The van der Waals surface area contributed by atoms with Gasteiger partial charge in [0.25, 0.3) is 0 Å². The van der Waals surface area contributed by atoms with Gasteiger partial charge in [0, 0.05) is 18.3 Å². The van der Waals surface area contributed by atoms with Gasteiger partial charge in [0.15, 0.2) is 11.4 Å². The lowest BCUT2D eigenvalue weighted by molar-refractivity contribution is -0.0433. The SMILES string of the molecule is Cc1nc(-c2cn3c(n2)-c2ccc(OC(CO)(CO)CC4CC4)cc2OCC3)n(C(C)C)n1. The van der Waals surface area contributed by atoms with Crippen molar-refractivity contribution in [3.63, 3.8) is 0 Å². The molecule has 5 rings (SSSR count). The highest BCUT2D eigenvalue weighted by molar-refractivity contribution is 5.69. The molecule has 1 aliphatic heterocycles. The highest BCUT2D eigenvalue weighted by Crippen LogP contribution is 2.40. The number of ether oxygens (including phenoxy) is 2. The van der Waals surface area contributed by atoms with E-state index < -0.39 is 5.60 Å². The number of aromatic nitrogens is 5. The summed E-state index contributed by atoms with van der Waals surface area (Å²) in [5, 5.41) is 24.4. The molecule has 1 aromatic carbocycles. The maximum atomic E-state index is 9.96. The Morgan fingerprint density at radius 3 is 2.67 bits per heavy atom. The first-order valence-electron chi connectivity index (χ1n) is 11.6. The van der Waals surface area contributed by atoms with Crippen LogP contribution in [0.2, 0.25) is 0 Å². The van der Waals surface area contributed by atoms with E-state index in [4.69, 9.17) is 14.5 Å². The Labute approximate surface area is 193 Å². The van der Waals surface area contributed by atoms with Crippen LogP contribution in [0.5, 0.6) is 11.5 Å². The highest BCUT2D eigenvalue weighted by atomic mass is 16.5. The predicted molar refractivity (Wildman–Crippen MR) is 122 cm³/mol. The van der Waals surface area contributed by atoms with Crippen LogP contribution >= 0.6 is 0 Å². The van der Waals surface area contributed by atoms with E-state index in [0.29, 0.717) is 37.0 Å². The third-order valence-corrected chi connectivity index (χ3v) is 6.28. The summed E-state index contributed by atoms with van der Waals surface area (Å²) in [5.74, 6) is 4.00. The summed E-state index contributed by atoms with van der Waals surface area (Å²) in [5.41, 5.74) is 0.653. The van der Waals surface area contributed by atoms with E-state index in [2.05, 4.69) is 28.5 Å². The highest BCUT2D eigenvalue weighted by Gasteiger charge is 2.38. The minimum atomic E-state index is -0.982. The largest absolute Gasteiger partial charge is 0.491 e. The van der Waals surface area contributed by atoms with Crippen molar-refractivity contribution in [2.45, 2.75) is 58.2 Å². The summed E-state index contributed by atoms with van der Waals surface area (Å²) in [6, 6.07) is 5.77. The van der Waals surface area contributed by atoms with Crippen LogP contribution in [-0.2, 0) is 6.54 Å². The van der Waals surface area contributed by atoms with E-state index in [1.165, 1.54) is 0 Å². The molecule has 176 valence electrons. The lowest BCUT2D eigenvalue weighted by Gasteiger charge is -2.31. The number of aliphatic hydroxyl groups is 2. The Hall–Kier alpha value is -2.91. The van der Waals surface area contributed by atoms with Gasteiger partial charge in [-0.25, -0.2) is 14.6 Å². The first-order valence-corrected chi connectivity index (χ1v) is 11.6. The van der Waals surface area contributed by atoms with Crippen molar-refractivity contribution in [1.82, 2.24) is 24.3 Å². The summed E-state index contributed by atoms with van der Waals surface area (Å²) >= 11 is 0. The summed E-state index contributed by atoms with van der Waals surface area (Å²) < 4.78 is 16.1. The number of benzene rings is 1. The van der Waals surface area contributed by atoms with Gasteiger partial charge >= 0.3 is 0 Å². The number of imidazole rings is 1. The lowest BCUT2D eigenvalue weighted by Crippen LogP contribution is -2.44. The molecule has 0 amide bonds. The molecule has 2 aromatic heterocycles. The second-order valence-electron chi connectivity index (χ2n) is 9.42. The molecule has 9 heteroatoms. The molecule has 3 heterocycles. The number of rotatable bonds is 8. The van der Waals surface area contributed by atoms with Gasteiger partial charge in [-0.05, 0) is 45.2 Å². The molecule has 33 heavy (non-hydrogen) atoms. The molecule has 1 aliphatic carbocycles. The second kappa shape index (κ2) is 8.46. The molecular weight excluding hydrogens is 422 g/mol. The van der Waals surface area contributed by atoms with E-state index in [-0.39, 0.29) is 19.3 Å². The number of nitrogens with zero attached hydrogens (tertiary/aromatic N) is 5. The minimum absolute atomic E-state index is 0.173. The number of aryl methyl sites for hydroxylation is 1. The van der Waals surface area contributed by atoms with Gasteiger partial charge in [-0.2, -0.15) is 5.10 Å². The van der Waals surface area contributed by atoms with Crippen molar-refractivity contribution < 1.29 is 19.7 Å². The summed E-state index contributed by atoms with van der Waals surface area (Å²) in [4.78, 5) is 9.51. The topological polar surface area (TPSA) is 107 Å². The molecular formula is C24H31N5O4. The van der Waals surface area contributed by atoms with E-state index in [9.17, 15) is 10.2 Å². The molecule has 0 spiro atoms. The van der Waals surface area contributed by atoms with Gasteiger partial charge in [0.1, 0.15) is 35.4 Å². The monoisotopic (exact) mass is 453 g/mol. The average molecular weight is 454 g/mol. The van der Waals surface area contributed by atoms with Gasteiger partial charge in [-0.3, -0.25) is 0 Å². The Bertz CT molecular complexity index is 1140. The third-order valence-electron chi connectivity index (χ3n) is 6.28.